The summed E-state index contributed by atoms with van der Waals surface area (Å²) in [6.45, 7) is 0. The fourth-order valence-electron chi connectivity index (χ4n) is 1.67. The Balaban J connectivity index is 2.06. The van der Waals surface area contributed by atoms with Crippen LogP contribution in [0.15, 0.2) is 28.7 Å². The van der Waals surface area contributed by atoms with E-state index in [0.29, 0.717) is 5.56 Å². The molecule has 0 radical (unpaired) electrons. The molecule has 0 aliphatic carbocycles. The molecule has 0 spiro atoms. The zero-order valence-electron chi connectivity index (χ0n) is 11.4. The van der Waals surface area contributed by atoms with Crippen molar-refractivity contribution in [3.05, 3.63) is 30.2 Å². The van der Waals surface area contributed by atoms with Crippen molar-refractivity contribution in [3.63, 3.8) is 0 Å². The first kappa shape index (κ1) is 17.4. The molecule has 0 bridgehead atoms. The van der Waals surface area contributed by atoms with E-state index in [1.54, 1.807) is 0 Å². The van der Waals surface area contributed by atoms with Crippen LogP contribution >= 0.6 is 0 Å². The molecule has 0 unspecified atom stereocenters. The van der Waals surface area contributed by atoms with Gasteiger partial charge in [-0.25, -0.2) is 0 Å². The standard InChI is InChI=1S/C12H10BF5N2O3/c14-11(15,12(16,17)18)6-5-9-19-20-10(23-9)7-1-3-8(4-2-7)13(21)22/h1-4,21-22H,5-6H2. The van der Waals surface area contributed by atoms with Gasteiger partial charge in [0.25, 0.3) is 0 Å². The minimum Gasteiger partial charge on any atom is -0.423 e. The Morgan fingerprint density at radius 2 is 1.61 bits per heavy atom. The van der Waals surface area contributed by atoms with Crippen LogP contribution in [0.4, 0.5) is 22.0 Å². The average molecular weight is 336 g/mol. The van der Waals surface area contributed by atoms with Crippen LogP contribution in [-0.4, -0.2) is 39.5 Å². The van der Waals surface area contributed by atoms with E-state index in [0.717, 1.165) is 0 Å². The molecule has 0 aliphatic heterocycles. The summed E-state index contributed by atoms with van der Waals surface area (Å²) in [5.41, 5.74) is 0.564. The predicted molar refractivity (Wildman–Crippen MR) is 68.9 cm³/mol. The van der Waals surface area contributed by atoms with E-state index in [9.17, 15) is 22.0 Å². The topological polar surface area (TPSA) is 79.4 Å². The summed E-state index contributed by atoms with van der Waals surface area (Å²) in [5.74, 6) is -5.26. The van der Waals surface area contributed by atoms with Gasteiger partial charge in [0.05, 0.1) is 0 Å². The van der Waals surface area contributed by atoms with Gasteiger partial charge >= 0.3 is 19.2 Å². The van der Waals surface area contributed by atoms with Crippen LogP contribution in [0.5, 0.6) is 0 Å². The van der Waals surface area contributed by atoms with Crippen molar-refractivity contribution in [2.75, 3.05) is 0 Å². The van der Waals surface area contributed by atoms with Crippen LogP contribution in [0.25, 0.3) is 11.5 Å². The molecule has 11 heteroatoms. The molecule has 2 rings (SSSR count). The van der Waals surface area contributed by atoms with Gasteiger partial charge < -0.3 is 14.5 Å². The Labute approximate surface area is 126 Å². The summed E-state index contributed by atoms with van der Waals surface area (Å²) in [6.07, 6.45) is -7.85. The first-order valence-corrected chi connectivity index (χ1v) is 6.33. The molecule has 0 aliphatic rings. The molecular weight excluding hydrogens is 326 g/mol. The highest BCUT2D eigenvalue weighted by Crippen LogP contribution is 2.38. The maximum Gasteiger partial charge on any atom is 0.488 e. The molecule has 124 valence electrons. The number of rotatable bonds is 5. The van der Waals surface area contributed by atoms with Crippen LogP contribution in [0, 0.1) is 0 Å². The largest absolute Gasteiger partial charge is 0.488 e. The summed E-state index contributed by atoms with van der Waals surface area (Å²) in [4.78, 5) is 0. The van der Waals surface area contributed by atoms with E-state index in [4.69, 9.17) is 14.5 Å². The summed E-state index contributed by atoms with van der Waals surface area (Å²) in [7, 11) is -1.66. The zero-order valence-corrected chi connectivity index (χ0v) is 11.4. The second kappa shape index (κ2) is 6.24. The van der Waals surface area contributed by atoms with Crippen molar-refractivity contribution in [2.45, 2.75) is 24.9 Å². The number of aryl methyl sites for hydroxylation is 1. The zero-order chi connectivity index (χ0) is 17.3. The quantitative estimate of drug-likeness (QED) is 0.640. The monoisotopic (exact) mass is 336 g/mol. The number of hydrogen-bond acceptors (Lipinski definition) is 5. The fraction of sp³-hybridized carbons (Fsp3) is 0.333. The second-order valence-electron chi connectivity index (χ2n) is 4.70. The summed E-state index contributed by atoms with van der Waals surface area (Å²) in [6, 6.07) is 5.55. The van der Waals surface area contributed by atoms with Crippen molar-refractivity contribution in [3.8, 4) is 11.5 Å². The molecular formula is C12H10BF5N2O3. The molecule has 0 saturated heterocycles. The molecule has 2 aromatic rings. The lowest BCUT2D eigenvalue weighted by molar-refractivity contribution is -0.284. The molecule has 0 fully saturated rings. The lowest BCUT2D eigenvalue weighted by atomic mass is 9.80. The smallest absolute Gasteiger partial charge is 0.423 e. The highest BCUT2D eigenvalue weighted by atomic mass is 19.4. The van der Waals surface area contributed by atoms with Crippen molar-refractivity contribution in [1.29, 1.82) is 0 Å². The summed E-state index contributed by atoms with van der Waals surface area (Å²) < 4.78 is 66.8. The number of halogens is 5. The fourth-order valence-corrected chi connectivity index (χ4v) is 1.67. The second-order valence-corrected chi connectivity index (χ2v) is 4.70. The molecule has 0 amide bonds. The Kier molecular flexibility index (Phi) is 4.71. The minimum atomic E-state index is -5.63. The van der Waals surface area contributed by atoms with Crippen LogP contribution in [0.1, 0.15) is 12.3 Å². The Bertz CT molecular complexity index is 657. The molecule has 2 N–H and O–H groups in total. The van der Waals surface area contributed by atoms with E-state index in [1.807, 2.05) is 0 Å². The number of aromatic nitrogens is 2. The highest BCUT2D eigenvalue weighted by Gasteiger charge is 2.56. The minimum absolute atomic E-state index is 0.0747. The van der Waals surface area contributed by atoms with Gasteiger partial charge in [0.2, 0.25) is 11.8 Å². The van der Waals surface area contributed by atoms with Gasteiger partial charge in [0.1, 0.15) is 0 Å². The van der Waals surface area contributed by atoms with Gasteiger partial charge in [-0.05, 0) is 17.6 Å². The Morgan fingerprint density at radius 1 is 1.00 bits per heavy atom. The molecule has 1 aromatic heterocycles. The molecule has 0 atom stereocenters. The predicted octanol–water partition coefficient (Wildman–Crippen LogP) is 1.55. The molecule has 5 nitrogen and oxygen atoms in total. The number of hydrogen-bond donors (Lipinski definition) is 2. The van der Waals surface area contributed by atoms with Crippen molar-refractivity contribution in [2.24, 2.45) is 0 Å². The lowest BCUT2D eigenvalue weighted by Crippen LogP contribution is -2.36. The van der Waals surface area contributed by atoms with Gasteiger partial charge in [-0.3, -0.25) is 0 Å². The van der Waals surface area contributed by atoms with Gasteiger partial charge in [0.15, 0.2) is 0 Å². The normalized spacial score (nSPS) is 12.5. The first-order valence-electron chi connectivity index (χ1n) is 6.33. The van der Waals surface area contributed by atoms with Gasteiger partial charge in [-0.2, -0.15) is 22.0 Å². The van der Waals surface area contributed by atoms with Crippen LogP contribution in [0.3, 0.4) is 0 Å². The van der Waals surface area contributed by atoms with E-state index < -0.39 is 32.1 Å². The summed E-state index contributed by atoms with van der Waals surface area (Å²) in [5, 5.41) is 24.9. The van der Waals surface area contributed by atoms with E-state index in [1.165, 1.54) is 24.3 Å². The van der Waals surface area contributed by atoms with Crippen LogP contribution in [-0.2, 0) is 6.42 Å². The number of nitrogens with zero attached hydrogens (tertiary/aromatic N) is 2. The first-order chi connectivity index (χ1) is 10.6. The molecule has 23 heavy (non-hydrogen) atoms. The van der Waals surface area contributed by atoms with Crippen molar-refractivity contribution < 1.29 is 36.4 Å². The van der Waals surface area contributed by atoms with Crippen molar-refractivity contribution >= 4 is 12.6 Å². The van der Waals surface area contributed by atoms with Crippen LogP contribution < -0.4 is 5.46 Å². The number of benzene rings is 1. The Hall–Kier alpha value is -2.01. The maximum absolute atomic E-state index is 12.8. The molecule has 1 heterocycles. The third kappa shape index (κ3) is 4.05. The van der Waals surface area contributed by atoms with E-state index in [2.05, 4.69) is 10.2 Å². The van der Waals surface area contributed by atoms with Gasteiger partial charge in [-0.1, -0.05) is 12.1 Å². The van der Waals surface area contributed by atoms with E-state index >= 15 is 0 Å². The highest BCUT2D eigenvalue weighted by molar-refractivity contribution is 6.58. The lowest BCUT2D eigenvalue weighted by Gasteiger charge is -2.18. The van der Waals surface area contributed by atoms with Gasteiger partial charge in [-0.15, -0.1) is 10.2 Å². The molecule has 1 aromatic carbocycles. The maximum atomic E-state index is 12.8. The van der Waals surface area contributed by atoms with Crippen molar-refractivity contribution in [1.82, 2.24) is 10.2 Å². The Morgan fingerprint density at radius 3 is 2.13 bits per heavy atom. The number of alkyl halides is 5. The summed E-state index contributed by atoms with van der Waals surface area (Å²) >= 11 is 0. The third-order valence-corrected chi connectivity index (χ3v) is 2.99. The van der Waals surface area contributed by atoms with Crippen LogP contribution in [0.2, 0.25) is 0 Å². The SMILES string of the molecule is OB(O)c1ccc(-c2nnc(CCC(F)(F)C(F)(F)F)o2)cc1. The third-order valence-electron chi connectivity index (χ3n) is 2.99. The average Bonchev–Trinajstić information content (AvgIpc) is 2.93. The molecule has 0 saturated carbocycles. The van der Waals surface area contributed by atoms with Gasteiger partial charge in [0, 0.05) is 18.4 Å². The van der Waals surface area contributed by atoms with E-state index in [-0.39, 0.29) is 17.2 Å².